The van der Waals surface area contributed by atoms with Crippen LogP contribution in [0.4, 0.5) is 11.4 Å². The van der Waals surface area contributed by atoms with Gasteiger partial charge in [0, 0.05) is 30.5 Å². The summed E-state index contributed by atoms with van der Waals surface area (Å²) in [5.74, 6) is 0.194. The van der Waals surface area contributed by atoms with Gasteiger partial charge in [0.15, 0.2) is 0 Å². The van der Waals surface area contributed by atoms with Gasteiger partial charge in [0.2, 0.25) is 5.91 Å². The van der Waals surface area contributed by atoms with Crippen LogP contribution >= 0.6 is 0 Å². The van der Waals surface area contributed by atoms with Gasteiger partial charge < -0.3 is 26.2 Å². The number of nitrogens with one attached hydrogen (secondary N) is 2. The highest BCUT2D eigenvalue weighted by Crippen LogP contribution is 2.29. The zero-order chi connectivity index (χ0) is 20.8. The second-order valence-electron chi connectivity index (χ2n) is 8.64. The molecule has 0 saturated carbocycles. The summed E-state index contributed by atoms with van der Waals surface area (Å²) in [6.07, 6.45) is 5.30. The van der Waals surface area contributed by atoms with Crippen molar-refractivity contribution in [3.05, 3.63) is 23.8 Å². The minimum absolute atomic E-state index is 0.0436. The Kier molecular flexibility index (Phi) is 7.36. The van der Waals surface area contributed by atoms with Crippen molar-refractivity contribution in [1.29, 1.82) is 0 Å². The van der Waals surface area contributed by atoms with Crippen LogP contribution in [0.15, 0.2) is 18.2 Å². The van der Waals surface area contributed by atoms with Crippen molar-refractivity contribution in [2.24, 2.45) is 5.92 Å². The molecule has 3 rings (SSSR count). The van der Waals surface area contributed by atoms with Gasteiger partial charge in [0.05, 0.1) is 12.1 Å². The summed E-state index contributed by atoms with van der Waals surface area (Å²) >= 11 is 0. The van der Waals surface area contributed by atoms with E-state index in [4.69, 9.17) is 5.73 Å². The highest BCUT2D eigenvalue weighted by atomic mass is 16.2. The molecule has 2 fully saturated rings. The van der Waals surface area contributed by atoms with Crippen LogP contribution in [0.5, 0.6) is 0 Å². The highest BCUT2D eigenvalue weighted by Gasteiger charge is 2.28. The largest absolute Gasteiger partial charge is 0.398 e. The van der Waals surface area contributed by atoms with Crippen molar-refractivity contribution in [2.45, 2.75) is 45.6 Å². The average Bonchev–Trinajstić information content (AvgIpc) is 2.66. The molecule has 2 aliphatic rings. The Morgan fingerprint density at radius 2 is 1.90 bits per heavy atom. The van der Waals surface area contributed by atoms with Crippen LogP contribution in [0.3, 0.4) is 0 Å². The van der Waals surface area contributed by atoms with E-state index in [9.17, 15) is 9.59 Å². The van der Waals surface area contributed by atoms with Gasteiger partial charge in [0.25, 0.3) is 5.91 Å². The molecule has 7 heteroatoms. The Labute approximate surface area is 174 Å². The molecule has 160 valence electrons. The van der Waals surface area contributed by atoms with E-state index in [0.717, 1.165) is 18.8 Å². The van der Waals surface area contributed by atoms with E-state index in [1.165, 1.54) is 45.3 Å². The van der Waals surface area contributed by atoms with Gasteiger partial charge in [-0.25, -0.2) is 0 Å². The molecule has 0 bridgehead atoms. The standard InChI is InChI=1S/C22H35N5O2/c1-16(2)25-21(28)13-24-22(29)19-12-18(6-7-20(19)23)27-14-17(15-27)8-11-26-9-4-3-5-10-26/h6-7,12,16-17H,3-5,8-11,13-15,23H2,1-2H3,(H,24,29)(H,25,28). The molecule has 1 aromatic rings. The zero-order valence-electron chi connectivity index (χ0n) is 17.7. The number of likely N-dealkylation sites (tertiary alicyclic amines) is 1. The fourth-order valence-electron chi connectivity index (χ4n) is 4.08. The summed E-state index contributed by atoms with van der Waals surface area (Å²) in [6, 6.07) is 5.63. The van der Waals surface area contributed by atoms with Gasteiger partial charge in [-0.15, -0.1) is 0 Å². The maximum Gasteiger partial charge on any atom is 0.253 e. The smallest absolute Gasteiger partial charge is 0.253 e. The maximum atomic E-state index is 12.5. The highest BCUT2D eigenvalue weighted by molar-refractivity contribution is 6.01. The first-order valence-electron chi connectivity index (χ1n) is 10.9. The minimum atomic E-state index is -0.314. The number of piperidine rings is 1. The number of hydrogen-bond acceptors (Lipinski definition) is 5. The molecule has 0 unspecified atom stereocenters. The van der Waals surface area contributed by atoms with E-state index < -0.39 is 0 Å². The third-order valence-electron chi connectivity index (χ3n) is 5.77. The number of benzene rings is 1. The van der Waals surface area contributed by atoms with E-state index in [1.807, 2.05) is 26.0 Å². The third kappa shape index (κ3) is 6.10. The maximum absolute atomic E-state index is 12.5. The van der Waals surface area contributed by atoms with Crippen LogP contribution in [0.25, 0.3) is 0 Å². The number of nitrogens with zero attached hydrogens (tertiary/aromatic N) is 2. The molecule has 0 radical (unpaired) electrons. The van der Waals surface area contributed by atoms with E-state index in [-0.39, 0.29) is 24.4 Å². The third-order valence-corrected chi connectivity index (χ3v) is 5.77. The molecular formula is C22H35N5O2. The van der Waals surface area contributed by atoms with Crippen LogP contribution in [0, 0.1) is 5.92 Å². The Morgan fingerprint density at radius 1 is 1.17 bits per heavy atom. The lowest BCUT2D eigenvalue weighted by Crippen LogP contribution is -2.48. The normalized spacial score (nSPS) is 17.8. The van der Waals surface area contributed by atoms with Crippen LogP contribution in [-0.4, -0.2) is 62.0 Å². The number of hydrogen-bond donors (Lipinski definition) is 3. The first-order chi connectivity index (χ1) is 13.9. The molecule has 0 aliphatic carbocycles. The number of nitrogen functional groups attached to an aromatic ring is 1. The van der Waals surface area contributed by atoms with E-state index >= 15 is 0 Å². The van der Waals surface area contributed by atoms with Crippen LogP contribution in [-0.2, 0) is 4.79 Å². The first-order valence-corrected chi connectivity index (χ1v) is 10.9. The number of anilines is 2. The number of rotatable bonds is 8. The van der Waals surface area contributed by atoms with Crippen LogP contribution in [0.1, 0.15) is 49.9 Å². The molecule has 2 heterocycles. The number of amides is 2. The fraction of sp³-hybridized carbons (Fsp3) is 0.636. The Balaban J connectivity index is 1.47. The van der Waals surface area contributed by atoms with E-state index in [1.54, 1.807) is 6.07 Å². The monoisotopic (exact) mass is 401 g/mol. The zero-order valence-corrected chi connectivity index (χ0v) is 17.7. The van der Waals surface area contributed by atoms with Crippen LogP contribution in [0.2, 0.25) is 0 Å². The van der Waals surface area contributed by atoms with Crippen LogP contribution < -0.4 is 21.3 Å². The Morgan fingerprint density at radius 3 is 2.59 bits per heavy atom. The molecule has 29 heavy (non-hydrogen) atoms. The van der Waals surface area contributed by atoms with Gasteiger partial charge in [-0.2, -0.15) is 0 Å². The molecule has 1 aromatic carbocycles. The summed E-state index contributed by atoms with van der Waals surface area (Å²) in [5.41, 5.74) is 7.88. The summed E-state index contributed by atoms with van der Waals surface area (Å²) in [5, 5.41) is 5.41. The van der Waals surface area contributed by atoms with Crippen molar-refractivity contribution in [2.75, 3.05) is 49.9 Å². The molecule has 2 saturated heterocycles. The summed E-state index contributed by atoms with van der Waals surface area (Å²) in [7, 11) is 0. The van der Waals surface area contributed by atoms with Gasteiger partial charge in [-0.3, -0.25) is 9.59 Å². The van der Waals surface area contributed by atoms with Crippen molar-refractivity contribution < 1.29 is 9.59 Å². The molecular weight excluding hydrogens is 366 g/mol. The molecule has 4 N–H and O–H groups in total. The number of carbonyl (C=O) groups is 2. The average molecular weight is 402 g/mol. The van der Waals surface area contributed by atoms with Crippen molar-refractivity contribution >= 4 is 23.2 Å². The fourth-order valence-corrected chi connectivity index (χ4v) is 4.08. The lowest BCUT2D eigenvalue weighted by atomic mass is 9.94. The lowest BCUT2D eigenvalue weighted by molar-refractivity contribution is -0.120. The Bertz CT molecular complexity index is 709. The molecule has 7 nitrogen and oxygen atoms in total. The molecule has 0 atom stereocenters. The molecule has 0 aromatic heterocycles. The Hall–Kier alpha value is -2.28. The van der Waals surface area contributed by atoms with E-state index in [2.05, 4.69) is 20.4 Å². The molecule has 2 amide bonds. The van der Waals surface area contributed by atoms with E-state index in [0.29, 0.717) is 17.2 Å². The van der Waals surface area contributed by atoms with Gasteiger partial charge in [-0.05, 0) is 76.9 Å². The quantitative estimate of drug-likeness (QED) is 0.578. The summed E-state index contributed by atoms with van der Waals surface area (Å²) in [6.45, 7) is 9.47. The lowest BCUT2D eigenvalue weighted by Gasteiger charge is -2.42. The summed E-state index contributed by atoms with van der Waals surface area (Å²) < 4.78 is 0. The minimum Gasteiger partial charge on any atom is -0.398 e. The van der Waals surface area contributed by atoms with Gasteiger partial charge >= 0.3 is 0 Å². The second kappa shape index (κ2) is 9.96. The van der Waals surface area contributed by atoms with Crippen molar-refractivity contribution in [3.8, 4) is 0 Å². The van der Waals surface area contributed by atoms with Crippen molar-refractivity contribution in [3.63, 3.8) is 0 Å². The van der Waals surface area contributed by atoms with Gasteiger partial charge in [-0.1, -0.05) is 6.42 Å². The van der Waals surface area contributed by atoms with Gasteiger partial charge in [0.1, 0.15) is 0 Å². The SMILES string of the molecule is CC(C)NC(=O)CNC(=O)c1cc(N2CC(CCN3CCCCC3)C2)ccc1N. The molecule has 2 aliphatic heterocycles. The molecule has 0 spiro atoms. The van der Waals surface area contributed by atoms with Crippen molar-refractivity contribution in [1.82, 2.24) is 15.5 Å². The predicted octanol–water partition coefficient (Wildman–Crippen LogP) is 1.84. The first kappa shape index (κ1) is 21.4. The predicted molar refractivity (Wildman–Crippen MR) is 117 cm³/mol. The summed E-state index contributed by atoms with van der Waals surface area (Å²) in [4.78, 5) is 29.1. The number of nitrogens with two attached hydrogens (primary N) is 1. The second-order valence-corrected chi connectivity index (χ2v) is 8.64. The topological polar surface area (TPSA) is 90.7 Å². The number of carbonyl (C=O) groups excluding carboxylic acids is 2.